The first-order valence-corrected chi connectivity index (χ1v) is 7.62. The third-order valence-corrected chi connectivity index (χ3v) is 4.12. The van der Waals surface area contributed by atoms with Gasteiger partial charge in [0.2, 0.25) is 0 Å². The normalized spacial score (nSPS) is 12.8. The topological polar surface area (TPSA) is 47.7 Å². The number of rotatable bonds is 8. The van der Waals surface area contributed by atoms with Crippen molar-refractivity contribution in [1.82, 2.24) is 4.90 Å². The maximum atomic E-state index is 6.39. The minimum absolute atomic E-state index is 0.230. The summed E-state index contributed by atoms with van der Waals surface area (Å²) in [5.74, 6) is 1.74. The third kappa shape index (κ3) is 5.06. The van der Waals surface area contributed by atoms with Gasteiger partial charge < -0.3 is 20.1 Å². The van der Waals surface area contributed by atoms with E-state index in [1.165, 1.54) is 0 Å². The van der Waals surface area contributed by atoms with Gasteiger partial charge in [-0.25, -0.2) is 0 Å². The van der Waals surface area contributed by atoms with E-state index in [0.717, 1.165) is 25.1 Å². The number of halogens is 1. The van der Waals surface area contributed by atoms with Crippen LogP contribution in [0.5, 0.6) is 11.5 Å². The Bertz CT molecular complexity index is 452. The standard InChI is InChI=1S/C16H27ClN2O2/c1-11(2)13(18)8-9-19(3)10-12-6-7-14(20-4)16(21-5)15(12)17/h6-7,11,13H,8-10,18H2,1-5H3. The lowest BCUT2D eigenvalue weighted by atomic mass is 10.0. The minimum Gasteiger partial charge on any atom is -0.493 e. The lowest BCUT2D eigenvalue weighted by molar-refractivity contribution is 0.295. The van der Waals surface area contributed by atoms with E-state index in [1.807, 2.05) is 12.1 Å². The first-order chi connectivity index (χ1) is 9.90. The zero-order chi connectivity index (χ0) is 16.0. The van der Waals surface area contributed by atoms with Crippen LogP contribution in [0.25, 0.3) is 0 Å². The molecule has 0 aromatic heterocycles. The van der Waals surface area contributed by atoms with Gasteiger partial charge in [-0.1, -0.05) is 31.5 Å². The Morgan fingerprint density at radius 1 is 1.24 bits per heavy atom. The predicted octanol–water partition coefficient (Wildman–Crippen LogP) is 3.16. The number of benzene rings is 1. The zero-order valence-electron chi connectivity index (χ0n) is 13.6. The van der Waals surface area contributed by atoms with Gasteiger partial charge in [0, 0.05) is 12.6 Å². The third-order valence-electron chi connectivity index (χ3n) is 3.71. The molecule has 1 aromatic carbocycles. The van der Waals surface area contributed by atoms with E-state index in [1.54, 1.807) is 14.2 Å². The number of hydrogen-bond donors (Lipinski definition) is 1. The van der Waals surface area contributed by atoms with Gasteiger partial charge in [0.1, 0.15) is 0 Å². The molecule has 0 aliphatic heterocycles. The molecule has 1 aromatic rings. The highest BCUT2D eigenvalue weighted by Crippen LogP contribution is 2.37. The highest BCUT2D eigenvalue weighted by atomic mass is 35.5. The average molecular weight is 315 g/mol. The number of hydrogen-bond acceptors (Lipinski definition) is 4. The summed E-state index contributed by atoms with van der Waals surface area (Å²) in [5, 5.41) is 0.608. The summed E-state index contributed by atoms with van der Waals surface area (Å²) in [6.45, 7) is 5.99. The van der Waals surface area contributed by atoms with E-state index in [9.17, 15) is 0 Å². The summed E-state index contributed by atoms with van der Waals surface area (Å²) in [4.78, 5) is 2.22. The van der Waals surface area contributed by atoms with Crippen LogP contribution in [0.1, 0.15) is 25.8 Å². The molecule has 1 unspecified atom stereocenters. The molecule has 1 rings (SSSR count). The van der Waals surface area contributed by atoms with Crippen LogP contribution in [0.3, 0.4) is 0 Å². The number of methoxy groups -OCH3 is 2. The van der Waals surface area contributed by atoms with Crippen molar-refractivity contribution in [2.75, 3.05) is 27.8 Å². The quantitative estimate of drug-likeness (QED) is 0.800. The van der Waals surface area contributed by atoms with Crippen LogP contribution in [0.15, 0.2) is 12.1 Å². The number of nitrogens with zero attached hydrogens (tertiary/aromatic N) is 1. The van der Waals surface area contributed by atoms with E-state index < -0.39 is 0 Å². The summed E-state index contributed by atoms with van der Waals surface area (Å²) >= 11 is 6.39. The molecule has 5 heteroatoms. The Labute approximate surface area is 133 Å². The highest BCUT2D eigenvalue weighted by molar-refractivity contribution is 6.33. The number of ether oxygens (including phenoxy) is 2. The van der Waals surface area contributed by atoms with Crippen molar-refractivity contribution in [2.24, 2.45) is 11.7 Å². The molecule has 0 spiro atoms. The summed E-state index contributed by atoms with van der Waals surface area (Å²) in [7, 11) is 5.27. The van der Waals surface area contributed by atoms with Gasteiger partial charge >= 0.3 is 0 Å². The van der Waals surface area contributed by atoms with Crippen molar-refractivity contribution in [3.8, 4) is 11.5 Å². The average Bonchev–Trinajstić information content (AvgIpc) is 2.46. The monoisotopic (exact) mass is 314 g/mol. The molecule has 0 radical (unpaired) electrons. The van der Waals surface area contributed by atoms with Crippen LogP contribution in [0.4, 0.5) is 0 Å². The zero-order valence-corrected chi connectivity index (χ0v) is 14.4. The molecular weight excluding hydrogens is 288 g/mol. The first kappa shape index (κ1) is 18.1. The lowest BCUT2D eigenvalue weighted by Gasteiger charge is -2.22. The fourth-order valence-corrected chi connectivity index (χ4v) is 2.42. The lowest BCUT2D eigenvalue weighted by Crippen LogP contribution is -2.31. The molecule has 0 aliphatic carbocycles. The largest absolute Gasteiger partial charge is 0.493 e. The smallest absolute Gasteiger partial charge is 0.179 e. The molecule has 0 saturated carbocycles. The molecule has 4 nitrogen and oxygen atoms in total. The second-order valence-electron chi connectivity index (χ2n) is 5.71. The second-order valence-corrected chi connectivity index (χ2v) is 6.09. The molecule has 0 amide bonds. The Kier molecular flexibility index (Phi) is 7.29. The van der Waals surface area contributed by atoms with Gasteiger partial charge in [-0.05, 0) is 37.6 Å². The van der Waals surface area contributed by atoms with Gasteiger partial charge in [0.25, 0.3) is 0 Å². The molecule has 0 aliphatic rings. The van der Waals surface area contributed by atoms with Gasteiger partial charge in [-0.15, -0.1) is 0 Å². The second kappa shape index (κ2) is 8.47. The van der Waals surface area contributed by atoms with Crippen molar-refractivity contribution in [3.05, 3.63) is 22.7 Å². The molecule has 0 bridgehead atoms. The molecule has 1 atom stereocenters. The molecule has 21 heavy (non-hydrogen) atoms. The summed E-state index contributed by atoms with van der Waals surface area (Å²) in [6, 6.07) is 4.09. The summed E-state index contributed by atoms with van der Waals surface area (Å²) < 4.78 is 10.6. The van der Waals surface area contributed by atoms with Gasteiger partial charge in [0.15, 0.2) is 11.5 Å². The van der Waals surface area contributed by atoms with Crippen LogP contribution < -0.4 is 15.2 Å². The SMILES string of the molecule is COc1ccc(CN(C)CCC(N)C(C)C)c(Cl)c1OC. The Morgan fingerprint density at radius 2 is 1.90 bits per heavy atom. The van der Waals surface area contributed by atoms with Crippen molar-refractivity contribution in [2.45, 2.75) is 32.9 Å². The molecule has 2 N–H and O–H groups in total. The molecule has 0 saturated heterocycles. The summed E-state index contributed by atoms with van der Waals surface area (Å²) in [5.41, 5.74) is 7.11. The van der Waals surface area contributed by atoms with Crippen LogP contribution in [-0.2, 0) is 6.54 Å². The molecule has 0 fully saturated rings. The van der Waals surface area contributed by atoms with Crippen molar-refractivity contribution < 1.29 is 9.47 Å². The van der Waals surface area contributed by atoms with Gasteiger partial charge in [-0.3, -0.25) is 0 Å². The van der Waals surface area contributed by atoms with Gasteiger partial charge in [-0.2, -0.15) is 0 Å². The van der Waals surface area contributed by atoms with E-state index in [4.69, 9.17) is 26.8 Å². The fraction of sp³-hybridized carbons (Fsp3) is 0.625. The molecule has 0 heterocycles. The van der Waals surface area contributed by atoms with Gasteiger partial charge in [0.05, 0.1) is 19.2 Å². The van der Waals surface area contributed by atoms with E-state index in [-0.39, 0.29) is 6.04 Å². The predicted molar refractivity (Wildman–Crippen MR) is 88.3 cm³/mol. The van der Waals surface area contributed by atoms with E-state index in [2.05, 4.69) is 25.8 Å². The van der Waals surface area contributed by atoms with Crippen LogP contribution in [0.2, 0.25) is 5.02 Å². The van der Waals surface area contributed by atoms with Crippen molar-refractivity contribution in [3.63, 3.8) is 0 Å². The van der Waals surface area contributed by atoms with Crippen LogP contribution in [0, 0.1) is 5.92 Å². The van der Waals surface area contributed by atoms with E-state index >= 15 is 0 Å². The Morgan fingerprint density at radius 3 is 2.43 bits per heavy atom. The maximum absolute atomic E-state index is 6.39. The highest BCUT2D eigenvalue weighted by Gasteiger charge is 2.15. The number of nitrogens with two attached hydrogens (primary N) is 1. The van der Waals surface area contributed by atoms with Crippen molar-refractivity contribution in [1.29, 1.82) is 0 Å². The van der Waals surface area contributed by atoms with Crippen LogP contribution >= 0.6 is 11.6 Å². The first-order valence-electron chi connectivity index (χ1n) is 7.24. The Balaban J connectivity index is 2.70. The Hall–Kier alpha value is -0.970. The van der Waals surface area contributed by atoms with Crippen molar-refractivity contribution >= 4 is 11.6 Å². The van der Waals surface area contributed by atoms with E-state index in [0.29, 0.717) is 22.4 Å². The molecular formula is C16H27ClN2O2. The fourth-order valence-electron chi connectivity index (χ4n) is 2.12. The molecule has 120 valence electrons. The summed E-state index contributed by atoms with van der Waals surface area (Å²) in [6.07, 6.45) is 0.971. The van der Waals surface area contributed by atoms with Crippen LogP contribution in [-0.4, -0.2) is 38.8 Å². The minimum atomic E-state index is 0.230. The maximum Gasteiger partial charge on any atom is 0.179 e.